The number of rotatable bonds is 4. The highest BCUT2D eigenvalue weighted by atomic mass is 35.5. The largest absolute Gasteiger partial charge is 0.307 e. The van der Waals surface area contributed by atoms with E-state index in [0.29, 0.717) is 18.2 Å². The molecule has 1 aliphatic carbocycles. The van der Waals surface area contributed by atoms with Crippen LogP contribution in [0, 0.1) is 5.82 Å². The number of carbonyl (C=O) groups is 1. The zero-order valence-corrected chi connectivity index (χ0v) is 10.3. The highest BCUT2D eigenvalue weighted by Gasteiger charge is 2.16. The van der Waals surface area contributed by atoms with E-state index in [1.54, 1.807) is 0 Å². The van der Waals surface area contributed by atoms with Gasteiger partial charge in [-0.3, -0.25) is 4.79 Å². The van der Waals surface area contributed by atoms with Crippen LogP contribution in [-0.2, 0) is 0 Å². The van der Waals surface area contributed by atoms with Crippen LogP contribution in [0.25, 0.3) is 0 Å². The number of nitrogens with one attached hydrogen (secondary N) is 1. The number of hydrogen-bond acceptors (Lipinski definition) is 2. The summed E-state index contributed by atoms with van der Waals surface area (Å²) in [5, 5.41) is 3.22. The molecule has 0 aromatic heterocycles. The number of ketones is 1. The Morgan fingerprint density at radius 2 is 2.12 bits per heavy atom. The fraction of sp³-hybridized carbons (Fsp3) is 0.462. The van der Waals surface area contributed by atoms with Crippen LogP contribution in [0.15, 0.2) is 18.2 Å². The molecular weight excluding hydrogens is 241 g/mol. The van der Waals surface area contributed by atoms with Crippen molar-refractivity contribution in [2.75, 3.05) is 6.54 Å². The van der Waals surface area contributed by atoms with Gasteiger partial charge in [0.2, 0.25) is 0 Å². The maximum Gasteiger partial charge on any atom is 0.176 e. The van der Waals surface area contributed by atoms with Crippen molar-refractivity contribution in [3.05, 3.63) is 34.6 Å². The van der Waals surface area contributed by atoms with E-state index in [9.17, 15) is 9.18 Å². The van der Waals surface area contributed by atoms with Crippen molar-refractivity contribution in [2.24, 2.45) is 0 Å². The van der Waals surface area contributed by atoms with E-state index >= 15 is 0 Å². The van der Waals surface area contributed by atoms with Crippen molar-refractivity contribution in [2.45, 2.75) is 31.7 Å². The van der Waals surface area contributed by atoms with E-state index in [0.717, 1.165) is 12.8 Å². The normalized spacial score (nSPS) is 16.4. The molecule has 2 rings (SSSR count). The van der Waals surface area contributed by atoms with Crippen LogP contribution in [0.5, 0.6) is 0 Å². The third-order valence-electron chi connectivity index (χ3n) is 3.15. The van der Waals surface area contributed by atoms with E-state index in [2.05, 4.69) is 5.32 Å². The molecule has 1 aromatic carbocycles. The van der Waals surface area contributed by atoms with Crippen LogP contribution in [0.2, 0.25) is 5.02 Å². The van der Waals surface area contributed by atoms with Crippen molar-refractivity contribution in [1.82, 2.24) is 5.32 Å². The molecule has 0 unspecified atom stereocenters. The Hall–Kier alpha value is -0.930. The van der Waals surface area contributed by atoms with Crippen LogP contribution >= 0.6 is 11.6 Å². The maximum atomic E-state index is 12.9. The van der Waals surface area contributed by atoms with Crippen LogP contribution < -0.4 is 5.32 Å². The molecule has 1 saturated carbocycles. The maximum absolute atomic E-state index is 12.9. The summed E-state index contributed by atoms with van der Waals surface area (Å²) in [7, 11) is 0. The molecule has 1 aliphatic rings. The van der Waals surface area contributed by atoms with Gasteiger partial charge in [-0.25, -0.2) is 4.39 Å². The van der Waals surface area contributed by atoms with Gasteiger partial charge >= 0.3 is 0 Å². The van der Waals surface area contributed by atoms with Gasteiger partial charge < -0.3 is 5.32 Å². The van der Waals surface area contributed by atoms with Gasteiger partial charge in [0.25, 0.3) is 0 Å². The molecule has 2 nitrogen and oxygen atoms in total. The molecule has 0 bridgehead atoms. The first kappa shape index (κ1) is 12.5. The standard InChI is InChI=1S/C13H15ClFNO/c14-11-7-9(5-6-12(11)15)13(17)8-16-10-3-1-2-4-10/h5-7,10,16H,1-4,8H2. The van der Waals surface area contributed by atoms with Gasteiger partial charge in [-0.2, -0.15) is 0 Å². The lowest BCUT2D eigenvalue weighted by Gasteiger charge is -2.10. The molecule has 0 spiro atoms. The second-order valence-corrected chi connectivity index (χ2v) is 4.82. The monoisotopic (exact) mass is 255 g/mol. The van der Waals surface area contributed by atoms with Crippen molar-refractivity contribution >= 4 is 17.4 Å². The summed E-state index contributed by atoms with van der Waals surface area (Å²) >= 11 is 5.64. The third-order valence-corrected chi connectivity index (χ3v) is 3.44. The summed E-state index contributed by atoms with van der Waals surface area (Å²) in [4.78, 5) is 11.8. The molecule has 0 aliphatic heterocycles. The Morgan fingerprint density at radius 1 is 1.41 bits per heavy atom. The Balaban J connectivity index is 1.92. The van der Waals surface area contributed by atoms with Gasteiger partial charge in [0.05, 0.1) is 11.6 Å². The molecule has 17 heavy (non-hydrogen) atoms. The first-order chi connectivity index (χ1) is 8.16. The van der Waals surface area contributed by atoms with Crippen LogP contribution in [0.3, 0.4) is 0 Å². The third kappa shape index (κ3) is 3.27. The van der Waals surface area contributed by atoms with Gasteiger partial charge in [0.15, 0.2) is 5.78 Å². The number of carbonyl (C=O) groups excluding carboxylic acids is 1. The zero-order chi connectivity index (χ0) is 12.3. The highest BCUT2D eigenvalue weighted by Crippen LogP contribution is 2.18. The molecular formula is C13H15ClFNO. The quantitative estimate of drug-likeness (QED) is 0.838. The first-order valence-electron chi connectivity index (χ1n) is 5.88. The fourth-order valence-electron chi connectivity index (χ4n) is 2.14. The summed E-state index contributed by atoms with van der Waals surface area (Å²) < 4.78 is 12.9. The van der Waals surface area contributed by atoms with Crippen molar-refractivity contribution < 1.29 is 9.18 Å². The highest BCUT2D eigenvalue weighted by molar-refractivity contribution is 6.31. The van der Waals surface area contributed by atoms with Gasteiger partial charge in [0, 0.05) is 11.6 Å². The van der Waals surface area contributed by atoms with Gasteiger partial charge in [-0.05, 0) is 31.0 Å². The zero-order valence-electron chi connectivity index (χ0n) is 9.51. The molecule has 1 fully saturated rings. The summed E-state index contributed by atoms with van der Waals surface area (Å²) in [5.74, 6) is -0.536. The molecule has 1 N–H and O–H groups in total. The molecule has 0 amide bonds. The Kier molecular flexibility index (Phi) is 4.13. The van der Waals surface area contributed by atoms with E-state index in [1.807, 2.05) is 0 Å². The van der Waals surface area contributed by atoms with E-state index < -0.39 is 5.82 Å². The predicted molar refractivity (Wildman–Crippen MR) is 66.0 cm³/mol. The van der Waals surface area contributed by atoms with Crippen molar-refractivity contribution in [3.8, 4) is 0 Å². The number of benzene rings is 1. The molecule has 0 heterocycles. The first-order valence-corrected chi connectivity index (χ1v) is 6.26. The van der Waals surface area contributed by atoms with Crippen LogP contribution in [0.1, 0.15) is 36.0 Å². The Morgan fingerprint density at radius 3 is 2.76 bits per heavy atom. The molecule has 0 radical (unpaired) electrons. The lowest BCUT2D eigenvalue weighted by Crippen LogP contribution is -2.31. The smallest absolute Gasteiger partial charge is 0.176 e. The Labute approximate surface area is 105 Å². The summed E-state index contributed by atoms with van der Waals surface area (Å²) in [6.07, 6.45) is 4.73. The summed E-state index contributed by atoms with van der Waals surface area (Å²) in [5.41, 5.74) is 0.460. The minimum Gasteiger partial charge on any atom is -0.307 e. The SMILES string of the molecule is O=C(CNC1CCCC1)c1ccc(F)c(Cl)c1. The lowest BCUT2D eigenvalue weighted by molar-refractivity contribution is 0.0987. The molecule has 0 atom stereocenters. The average Bonchev–Trinajstić information content (AvgIpc) is 2.82. The molecule has 1 aromatic rings. The number of Topliss-reactive ketones (excluding diaryl/α,β-unsaturated/α-hetero) is 1. The molecule has 0 saturated heterocycles. The number of halogens is 2. The lowest BCUT2D eigenvalue weighted by atomic mass is 10.1. The fourth-order valence-corrected chi connectivity index (χ4v) is 2.32. The van der Waals surface area contributed by atoms with Crippen LogP contribution in [-0.4, -0.2) is 18.4 Å². The predicted octanol–water partition coefficient (Wildman–Crippen LogP) is 3.19. The van der Waals surface area contributed by atoms with E-state index in [1.165, 1.54) is 31.0 Å². The van der Waals surface area contributed by atoms with Gasteiger partial charge in [0.1, 0.15) is 5.82 Å². The average molecular weight is 256 g/mol. The Bertz CT molecular complexity index is 416. The van der Waals surface area contributed by atoms with Crippen LogP contribution in [0.4, 0.5) is 4.39 Å². The summed E-state index contributed by atoms with van der Waals surface area (Å²) in [6.45, 7) is 0.298. The van der Waals surface area contributed by atoms with E-state index in [-0.39, 0.29) is 10.8 Å². The minimum absolute atomic E-state index is 0.00304. The topological polar surface area (TPSA) is 29.1 Å². The van der Waals surface area contributed by atoms with E-state index in [4.69, 9.17) is 11.6 Å². The second-order valence-electron chi connectivity index (χ2n) is 4.41. The summed E-state index contributed by atoms with van der Waals surface area (Å²) in [6, 6.07) is 4.54. The van der Waals surface area contributed by atoms with Gasteiger partial charge in [-0.15, -0.1) is 0 Å². The van der Waals surface area contributed by atoms with Crippen molar-refractivity contribution in [1.29, 1.82) is 0 Å². The second kappa shape index (κ2) is 5.61. The number of hydrogen-bond donors (Lipinski definition) is 1. The molecule has 92 valence electrons. The van der Waals surface area contributed by atoms with Gasteiger partial charge in [-0.1, -0.05) is 24.4 Å². The molecule has 4 heteroatoms. The minimum atomic E-state index is -0.494. The van der Waals surface area contributed by atoms with Crippen molar-refractivity contribution in [3.63, 3.8) is 0 Å².